The smallest absolute Gasteiger partial charge is 0.745 e. The van der Waals surface area contributed by atoms with Crippen LogP contribution in [0.5, 0.6) is 0 Å². The van der Waals surface area contributed by atoms with Crippen LogP contribution in [-0.2, 0) is 10.1 Å². The molecule has 25 heavy (non-hydrogen) atoms. The Kier molecular flexibility index (Phi) is 20.2. The van der Waals surface area contributed by atoms with E-state index in [0.717, 1.165) is 44.9 Å². The summed E-state index contributed by atoms with van der Waals surface area (Å²) in [6.45, 7) is 4.28. The Balaban J connectivity index is 0. The molecule has 0 aliphatic rings. The van der Waals surface area contributed by atoms with Crippen molar-refractivity contribution in [3.05, 3.63) is 0 Å². The third-order valence-corrected chi connectivity index (χ3v) is 6.06. The van der Waals surface area contributed by atoms with E-state index < -0.39 is 15.1 Å². The summed E-state index contributed by atoms with van der Waals surface area (Å²) in [5.74, 6) is 0. The van der Waals surface area contributed by atoms with Crippen LogP contribution in [0.3, 0.4) is 0 Å². The molecule has 1 atom stereocenters. The monoisotopic (exact) mass is 404 g/mol. The Labute approximate surface area is 198 Å². The van der Waals surface area contributed by atoms with Crippen LogP contribution in [0.4, 0.5) is 4.39 Å². The van der Waals surface area contributed by atoms with E-state index in [1.165, 1.54) is 32.1 Å². The molecular formula is C19H38FKO3S. The van der Waals surface area contributed by atoms with E-state index in [-0.39, 0.29) is 64.2 Å². The van der Waals surface area contributed by atoms with Gasteiger partial charge in [-0.1, -0.05) is 90.9 Å². The summed E-state index contributed by atoms with van der Waals surface area (Å²) in [6.07, 6.45) is 13.8. The number of hydrogen-bond acceptors (Lipinski definition) is 3. The van der Waals surface area contributed by atoms with Gasteiger partial charge in [-0.25, -0.2) is 12.8 Å². The van der Waals surface area contributed by atoms with Crippen molar-refractivity contribution in [1.29, 1.82) is 0 Å². The van der Waals surface area contributed by atoms with Crippen molar-refractivity contribution in [2.45, 2.75) is 122 Å². The summed E-state index contributed by atoms with van der Waals surface area (Å²) < 4.78 is 48.5. The summed E-state index contributed by atoms with van der Waals surface area (Å²) in [6, 6.07) is 0. The molecule has 146 valence electrons. The number of alkyl halides is 1. The average Bonchev–Trinajstić information content (AvgIpc) is 2.52. The summed E-state index contributed by atoms with van der Waals surface area (Å²) in [4.78, 5) is 0. The normalized spacial score (nSPS) is 14.1. The molecule has 0 amide bonds. The Morgan fingerprint density at radius 2 is 0.960 bits per heavy atom. The first-order chi connectivity index (χ1) is 11.4. The zero-order chi connectivity index (χ0) is 18.3. The summed E-state index contributed by atoms with van der Waals surface area (Å²) in [5.41, 5.74) is 0. The summed E-state index contributed by atoms with van der Waals surface area (Å²) >= 11 is 0. The Morgan fingerprint density at radius 1 is 0.680 bits per heavy atom. The maximum Gasteiger partial charge on any atom is 1.00 e. The molecule has 0 spiro atoms. The van der Waals surface area contributed by atoms with E-state index in [1.54, 1.807) is 0 Å². The van der Waals surface area contributed by atoms with Crippen LogP contribution in [0.2, 0.25) is 0 Å². The van der Waals surface area contributed by atoms with Crippen LogP contribution < -0.4 is 51.4 Å². The molecule has 3 nitrogen and oxygen atoms in total. The first-order valence-corrected chi connectivity index (χ1v) is 11.4. The number of halogens is 1. The predicted octanol–water partition coefficient (Wildman–Crippen LogP) is 3.48. The van der Waals surface area contributed by atoms with Gasteiger partial charge in [0.15, 0.2) is 5.00 Å². The fraction of sp³-hybridized carbons (Fsp3) is 1.00. The molecule has 0 bridgehead atoms. The first kappa shape index (κ1) is 28.7. The Bertz CT molecular complexity index is 390. The fourth-order valence-corrected chi connectivity index (χ4v) is 3.86. The second kappa shape index (κ2) is 17.6. The Hall–Kier alpha value is 1.48. The second-order valence-electron chi connectivity index (χ2n) is 7.08. The van der Waals surface area contributed by atoms with E-state index >= 15 is 0 Å². The SMILES string of the molecule is CCCCCCCCCCCC(F)(CCCCCCC)S(=O)(=O)[O-].[K+]. The van der Waals surface area contributed by atoms with Gasteiger partial charge < -0.3 is 4.55 Å². The molecule has 0 aromatic carbocycles. The van der Waals surface area contributed by atoms with Crippen molar-refractivity contribution < 1.29 is 68.7 Å². The van der Waals surface area contributed by atoms with Gasteiger partial charge in [0.2, 0.25) is 0 Å². The molecule has 0 saturated carbocycles. The molecule has 0 aliphatic carbocycles. The van der Waals surface area contributed by atoms with Crippen LogP contribution in [0.1, 0.15) is 117 Å². The second-order valence-corrected chi connectivity index (χ2v) is 8.72. The number of hydrogen-bond donors (Lipinski definition) is 0. The summed E-state index contributed by atoms with van der Waals surface area (Å²) in [7, 11) is -4.88. The van der Waals surface area contributed by atoms with Gasteiger partial charge in [0.1, 0.15) is 10.1 Å². The molecule has 0 aromatic heterocycles. The van der Waals surface area contributed by atoms with Crippen LogP contribution >= 0.6 is 0 Å². The molecule has 0 rings (SSSR count). The van der Waals surface area contributed by atoms with E-state index in [2.05, 4.69) is 13.8 Å². The standard InChI is InChI=1S/C19H39FO3S.K/c1-3-5-7-9-10-11-12-14-16-18-19(20,24(21,22)23)17-15-13-8-6-4-2;/h3-18H2,1-2H3,(H,21,22,23);/q;+1/p-1. The topological polar surface area (TPSA) is 57.2 Å². The molecule has 0 aromatic rings. The van der Waals surface area contributed by atoms with Gasteiger partial charge in [-0.3, -0.25) is 0 Å². The van der Waals surface area contributed by atoms with E-state index in [1.807, 2.05) is 0 Å². The molecule has 0 radical (unpaired) electrons. The number of rotatable bonds is 17. The maximum absolute atomic E-state index is 14.6. The zero-order valence-electron chi connectivity index (χ0n) is 16.8. The third-order valence-electron chi connectivity index (χ3n) is 4.76. The minimum atomic E-state index is -4.88. The van der Waals surface area contributed by atoms with Gasteiger partial charge >= 0.3 is 51.4 Å². The minimum absolute atomic E-state index is 0. The quantitative estimate of drug-likeness (QED) is 0.212. The van der Waals surface area contributed by atoms with E-state index in [9.17, 15) is 17.4 Å². The molecule has 0 heterocycles. The van der Waals surface area contributed by atoms with Crippen molar-refractivity contribution in [1.82, 2.24) is 0 Å². The number of unbranched alkanes of at least 4 members (excludes halogenated alkanes) is 12. The Morgan fingerprint density at radius 3 is 1.24 bits per heavy atom. The first-order valence-electron chi connectivity index (χ1n) is 10.0. The van der Waals surface area contributed by atoms with Crippen molar-refractivity contribution in [3.63, 3.8) is 0 Å². The molecule has 0 saturated heterocycles. The maximum atomic E-state index is 14.6. The van der Waals surface area contributed by atoms with Gasteiger partial charge in [0, 0.05) is 0 Å². The summed E-state index contributed by atoms with van der Waals surface area (Å²) in [5, 5.41) is -2.56. The van der Waals surface area contributed by atoms with Gasteiger partial charge in [-0.15, -0.1) is 0 Å². The molecule has 6 heteroatoms. The van der Waals surface area contributed by atoms with Gasteiger partial charge in [0.05, 0.1) is 0 Å². The molecule has 0 fully saturated rings. The van der Waals surface area contributed by atoms with Gasteiger partial charge in [-0.05, 0) is 25.7 Å². The van der Waals surface area contributed by atoms with E-state index in [4.69, 9.17) is 0 Å². The largest absolute Gasteiger partial charge is 1.00 e. The van der Waals surface area contributed by atoms with Crippen LogP contribution in [0, 0.1) is 0 Å². The van der Waals surface area contributed by atoms with Crippen molar-refractivity contribution in [2.75, 3.05) is 0 Å². The van der Waals surface area contributed by atoms with Crippen LogP contribution in [0.25, 0.3) is 0 Å². The molecular weight excluding hydrogens is 366 g/mol. The van der Waals surface area contributed by atoms with Crippen molar-refractivity contribution >= 4 is 10.1 Å². The fourth-order valence-electron chi connectivity index (χ4n) is 3.07. The average molecular weight is 405 g/mol. The van der Waals surface area contributed by atoms with Crippen molar-refractivity contribution in [3.8, 4) is 0 Å². The van der Waals surface area contributed by atoms with Gasteiger partial charge in [0.25, 0.3) is 0 Å². The van der Waals surface area contributed by atoms with Crippen LogP contribution in [-0.4, -0.2) is 18.0 Å². The third kappa shape index (κ3) is 15.1. The minimum Gasteiger partial charge on any atom is -0.745 e. The molecule has 0 aliphatic heterocycles. The van der Waals surface area contributed by atoms with Crippen LogP contribution in [0.15, 0.2) is 0 Å². The van der Waals surface area contributed by atoms with Gasteiger partial charge in [-0.2, -0.15) is 0 Å². The molecule has 0 N–H and O–H groups in total. The zero-order valence-corrected chi connectivity index (χ0v) is 20.8. The predicted molar refractivity (Wildman–Crippen MR) is 98.8 cm³/mol. The molecule has 1 unspecified atom stereocenters. The van der Waals surface area contributed by atoms with E-state index in [0.29, 0.717) is 12.8 Å². The van der Waals surface area contributed by atoms with Crippen molar-refractivity contribution in [2.24, 2.45) is 0 Å².